The van der Waals surface area contributed by atoms with E-state index in [4.69, 9.17) is 9.15 Å². The van der Waals surface area contributed by atoms with Gasteiger partial charge in [-0.1, -0.05) is 0 Å². The fraction of sp³-hybridized carbons (Fsp3) is 0.154. The summed E-state index contributed by atoms with van der Waals surface area (Å²) in [6.07, 6.45) is 6.28. The summed E-state index contributed by atoms with van der Waals surface area (Å²) in [7, 11) is 0. The quantitative estimate of drug-likeness (QED) is 0.672. The number of carbonyl (C=O) groups is 1. The second kappa shape index (κ2) is 4.56. The van der Waals surface area contributed by atoms with Crippen molar-refractivity contribution in [2.24, 2.45) is 0 Å². The summed E-state index contributed by atoms with van der Waals surface area (Å²) >= 11 is 0. The molecule has 96 valence electrons. The number of aromatic nitrogens is 3. The number of rotatable bonds is 3. The minimum atomic E-state index is -0.422. The Kier molecular flexibility index (Phi) is 2.75. The third-order valence-electron chi connectivity index (χ3n) is 2.71. The van der Waals surface area contributed by atoms with Gasteiger partial charge in [0.2, 0.25) is 0 Å². The van der Waals surface area contributed by atoms with Gasteiger partial charge in [0.25, 0.3) is 0 Å². The number of hydrogen-bond donors (Lipinski definition) is 0. The standard InChI is InChI=1S/C13H11N3O3/c1-2-19-13(17)10-7-15-16-11(3-5-14-12(10)16)9-4-6-18-8-9/h3-8H,2H2,1H3. The molecule has 0 unspecified atom stereocenters. The first-order chi connectivity index (χ1) is 9.31. The largest absolute Gasteiger partial charge is 0.472 e. The van der Waals surface area contributed by atoms with E-state index in [9.17, 15) is 4.79 Å². The van der Waals surface area contributed by atoms with Crippen LogP contribution >= 0.6 is 0 Å². The van der Waals surface area contributed by atoms with E-state index in [-0.39, 0.29) is 0 Å². The van der Waals surface area contributed by atoms with E-state index in [1.165, 1.54) is 6.20 Å². The molecule has 0 saturated heterocycles. The van der Waals surface area contributed by atoms with Crippen molar-refractivity contribution in [3.63, 3.8) is 0 Å². The van der Waals surface area contributed by atoms with Crippen molar-refractivity contribution in [1.29, 1.82) is 0 Å². The van der Waals surface area contributed by atoms with Gasteiger partial charge in [-0.3, -0.25) is 0 Å². The number of nitrogens with zero attached hydrogens (tertiary/aromatic N) is 3. The summed E-state index contributed by atoms with van der Waals surface area (Å²) in [5.41, 5.74) is 2.49. The molecule has 3 aromatic rings. The van der Waals surface area contributed by atoms with E-state index in [0.29, 0.717) is 17.8 Å². The number of carbonyl (C=O) groups excluding carboxylic acids is 1. The molecule has 0 aliphatic carbocycles. The van der Waals surface area contributed by atoms with Gasteiger partial charge >= 0.3 is 5.97 Å². The van der Waals surface area contributed by atoms with Gasteiger partial charge in [-0.05, 0) is 19.1 Å². The molecule has 3 rings (SSSR count). The van der Waals surface area contributed by atoms with Crippen molar-refractivity contribution in [1.82, 2.24) is 14.6 Å². The van der Waals surface area contributed by atoms with Gasteiger partial charge in [-0.2, -0.15) is 5.10 Å². The fourth-order valence-corrected chi connectivity index (χ4v) is 1.87. The molecule has 3 heterocycles. The Morgan fingerprint density at radius 1 is 1.47 bits per heavy atom. The smallest absolute Gasteiger partial charge is 0.343 e. The Hall–Kier alpha value is -2.63. The minimum absolute atomic E-state index is 0.317. The molecule has 0 aliphatic heterocycles. The molecular weight excluding hydrogens is 246 g/mol. The van der Waals surface area contributed by atoms with Crippen LogP contribution in [0.5, 0.6) is 0 Å². The first-order valence-corrected chi connectivity index (χ1v) is 5.83. The molecule has 0 saturated carbocycles. The number of esters is 1. The minimum Gasteiger partial charge on any atom is -0.472 e. The van der Waals surface area contributed by atoms with Crippen LogP contribution in [0.2, 0.25) is 0 Å². The van der Waals surface area contributed by atoms with Gasteiger partial charge in [0.15, 0.2) is 5.65 Å². The second-order valence-corrected chi connectivity index (χ2v) is 3.86. The van der Waals surface area contributed by atoms with Crippen LogP contribution in [0.3, 0.4) is 0 Å². The topological polar surface area (TPSA) is 69.6 Å². The molecule has 3 aromatic heterocycles. The summed E-state index contributed by atoms with van der Waals surface area (Å²) in [4.78, 5) is 16.0. The lowest BCUT2D eigenvalue weighted by Crippen LogP contribution is -2.05. The van der Waals surface area contributed by atoms with Crippen LogP contribution in [0.25, 0.3) is 16.9 Å². The number of fused-ring (bicyclic) bond motifs is 1. The van der Waals surface area contributed by atoms with E-state index < -0.39 is 5.97 Å². The highest BCUT2D eigenvalue weighted by Gasteiger charge is 2.17. The first-order valence-electron chi connectivity index (χ1n) is 5.83. The Morgan fingerprint density at radius 3 is 3.11 bits per heavy atom. The van der Waals surface area contributed by atoms with Crippen LogP contribution in [0.15, 0.2) is 41.5 Å². The maximum absolute atomic E-state index is 11.8. The maximum atomic E-state index is 11.8. The van der Waals surface area contributed by atoms with Gasteiger partial charge in [0.05, 0.1) is 31.0 Å². The summed E-state index contributed by atoms with van der Waals surface area (Å²) < 4.78 is 11.6. The Morgan fingerprint density at radius 2 is 2.37 bits per heavy atom. The predicted molar refractivity (Wildman–Crippen MR) is 66.6 cm³/mol. The normalized spacial score (nSPS) is 10.8. The highest BCUT2D eigenvalue weighted by atomic mass is 16.5. The molecule has 0 radical (unpaired) electrons. The highest BCUT2D eigenvalue weighted by Crippen LogP contribution is 2.21. The summed E-state index contributed by atoms with van der Waals surface area (Å²) in [5.74, 6) is -0.422. The van der Waals surface area contributed by atoms with Gasteiger partial charge < -0.3 is 9.15 Å². The predicted octanol–water partition coefficient (Wildman–Crippen LogP) is 2.17. The Labute approximate surface area is 108 Å². The average molecular weight is 257 g/mol. The molecule has 0 atom stereocenters. The third kappa shape index (κ3) is 1.87. The van der Waals surface area contributed by atoms with Crippen molar-refractivity contribution in [3.05, 3.63) is 42.6 Å². The molecule has 0 N–H and O–H groups in total. The first kappa shape index (κ1) is 11.5. The monoisotopic (exact) mass is 257 g/mol. The van der Waals surface area contributed by atoms with Crippen molar-refractivity contribution < 1.29 is 13.9 Å². The van der Waals surface area contributed by atoms with Gasteiger partial charge in [0.1, 0.15) is 5.56 Å². The molecule has 6 nitrogen and oxygen atoms in total. The van der Waals surface area contributed by atoms with E-state index in [0.717, 1.165) is 11.3 Å². The lowest BCUT2D eigenvalue weighted by atomic mass is 10.2. The van der Waals surface area contributed by atoms with Gasteiger partial charge in [0, 0.05) is 11.8 Å². The zero-order valence-electron chi connectivity index (χ0n) is 10.2. The van der Waals surface area contributed by atoms with Crippen molar-refractivity contribution in [3.8, 4) is 11.3 Å². The number of ether oxygens (including phenoxy) is 1. The third-order valence-corrected chi connectivity index (χ3v) is 2.71. The molecule has 0 spiro atoms. The van der Waals surface area contributed by atoms with E-state index in [1.807, 2.05) is 6.07 Å². The Bertz CT molecular complexity index is 716. The van der Waals surface area contributed by atoms with Crippen LogP contribution < -0.4 is 0 Å². The Balaban J connectivity index is 2.16. The van der Waals surface area contributed by atoms with Crippen molar-refractivity contribution >= 4 is 11.6 Å². The van der Waals surface area contributed by atoms with E-state index in [2.05, 4.69) is 10.1 Å². The summed E-state index contributed by atoms with van der Waals surface area (Å²) in [5, 5.41) is 4.19. The molecule has 0 aliphatic rings. The zero-order chi connectivity index (χ0) is 13.2. The second-order valence-electron chi connectivity index (χ2n) is 3.86. The molecule has 6 heteroatoms. The molecule has 0 bridgehead atoms. The van der Waals surface area contributed by atoms with Crippen LogP contribution in [0.1, 0.15) is 17.3 Å². The zero-order valence-corrected chi connectivity index (χ0v) is 10.2. The molecular formula is C13H11N3O3. The van der Waals surface area contributed by atoms with Gasteiger partial charge in [-0.15, -0.1) is 0 Å². The molecule has 0 fully saturated rings. The summed E-state index contributed by atoms with van der Waals surface area (Å²) in [6, 6.07) is 3.63. The average Bonchev–Trinajstić information content (AvgIpc) is 3.08. The lowest BCUT2D eigenvalue weighted by Gasteiger charge is -2.02. The molecule has 19 heavy (non-hydrogen) atoms. The fourth-order valence-electron chi connectivity index (χ4n) is 1.87. The van der Waals surface area contributed by atoms with E-state index in [1.54, 1.807) is 36.2 Å². The van der Waals surface area contributed by atoms with Crippen LogP contribution in [-0.4, -0.2) is 27.2 Å². The van der Waals surface area contributed by atoms with Gasteiger partial charge in [-0.25, -0.2) is 14.3 Å². The highest BCUT2D eigenvalue weighted by molar-refractivity contribution is 5.95. The van der Waals surface area contributed by atoms with Crippen LogP contribution in [0.4, 0.5) is 0 Å². The molecule has 0 amide bonds. The summed E-state index contributed by atoms with van der Waals surface area (Å²) in [6.45, 7) is 2.07. The number of furan rings is 1. The van der Waals surface area contributed by atoms with Crippen LogP contribution in [-0.2, 0) is 4.74 Å². The SMILES string of the molecule is CCOC(=O)c1cnn2c(-c3ccoc3)ccnc12. The van der Waals surface area contributed by atoms with Crippen molar-refractivity contribution in [2.45, 2.75) is 6.92 Å². The van der Waals surface area contributed by atoms with Crippen LogP contribution in [0, 0.1) is 0 Å². The molecule has 0 aromatic carbocycles. The van der Waals surface area contributed by atoms with Crippen molar-refractivity contribution in [2.75, 3.05) is 6.61 Å². The lowest BCUT2D eigenvalue weighted by molar-refractivity contribution is 0.0528. The maximum Gasteiger partial charge on any atom is 0.343 e. The van der Waals surface area contributed by atoms with E-state index >= 15 is 0 Å². The number of hydrogen-bond acceptors (Lipinski definition) is 5.